The first-order chi connectivity index (χ1) is 16.5. The van der Waals surface area contributed by atoms with E-state index in [0.717, 1.165) is 26.1 Å². The van der Waals surface area contributed by atoms with Crippen molar-refractivity contribution in [2.75, 3.05) is 13.1 Å². The lowest BCUT2D eigenvalue weighted by atomic mass is 10.1. The molecule has 1 aliphatic rings. The molecule has 1 amide bonds. The zero-order chi connectivity index (χ0) is 25.8. The van der Waals surface area contributed by atoms with E-state index >= 15 is 0 Å². The molecule has 0 spiro atoms. The summed E-state index contributed by atoms with van der Waals surface area (Å²) >= 11 is 0. The molecule has 12 heteroatoms. The van der Waals surface area contributed by atoms with Crippen molar-refractivity contribution in [3.63, 3.8) is 0 Å². The highest BCUT2D eigenvalue weighted by Gasteiger charge is 2.38. The first-order valence-electron chi connectivity index (χ1n) is 10.9. The number of nitrogens with zero attached hydrogens (tertiary/aromatic N) is 4. The van der Waals surface area contributed by atoms with Gasteiger partial charge in [-0.05, 0) is 25.8 Å². The minimum Gasteiger partial charge on any atom is -0.475 e. The Kier molecular flexibility index (Phi) is 7.95. The normalized spacial score (nSPS) is 16.2. The van der Waals surface area contributed by atoms with Crippen LogP contribution < -0.4 is 5.56 Å². The highest BCUT2D eigenvalue weighted by molar-refractivity contribution is 5.93. The molecular formula is C23H26F3N5O4. The molecule has 1 aliphatic heterocycles. The third-order valence-corrected chi connectivity index (χ3v) is 5.53. The topological polar surface area (TPSA) is 111 Å². The van der Waals surface area contributed by atoms with Gasteiger partial charge in [-0.15, -0.1) is 0 Å². The molecule has 2 aromatic heterocycles. The lowest BCUT2D eigenvalue weighted by molar-refractivity contribution is -0.192. The van der Waals surface area contributed by atoms with Gasteiger partial charge in [0.1, 0.15) is 5.69 Å². The Balaban J connectivity index is 0.000000429. The number of carbonyl (C=O) groups excluding carboxylic acids is 1. The SMILES string of the molecule is CC(C)N(C(=O)c1cn2cc[nH]c(=O)c2n1)C1CCN(Cc2ccccc2)C1.O=C(O)C(F)(F)F. The smallest absolute Gasteiger partial charge is 0.475 e. The van der Waals surface area contributed by atoms with E-state index < -0.39 is 12.1 Å². The van der Waals surface area contributed by atoms with Crippen LogP contribution in [0.5, 0.6) is 0 Å². The molecule has 1 unspecified atom stereocenters. The van der Waals surface area contributed by atoms with Gasteiger partial charge in [0.05, 0.1) is 0 Å². The molecule has 4 rings (SSSR count). The van der Waals surface area contributed by atoms with E-state index in [9.17, 15) is 22.8 Å². The Bertz CT molecular complexity index is 1220. The van der Waals surface area contributed by atoms with Crippen LogP contribution in [0.2, 0.25) is 0 Å². The summed E-state index contributed by atoms with van der Waals surface area (Å²) in [4.78, 5) is 45.2. The minimum absolute atomic E-state index is 0.0530. The number of aromatic amines is 1. The summed E-state index contributed by atoms with van der Waals surface area (Å²) in [6, 6.07) is 10.6. The standard InChI is InChI=1S/C21H25N5O2.C2HF3O2/c1-15(2)26(17-8-10-24(13-17)12-16-6-4-3-5-7-16)21(28)18-14-25-11-9-22-20(27)19(25)23-18;3-2(4,5)1(6)7/h3-7,9,11,14-15,17H,8,10,12-13H2,1-2H3,(H,22,27);(H,6,7). The molecule has 0 bridgehead atoms. The first kappa shape index (κ1) is 25.9. The van der Waals surface area contributed by atoms with Gasteiger partial charge in [0, 0.05) is 50.3 Å². The van der Waals surface area contributed by atoms with E-state index in [1.54, 1.807) is 23.0 Å². The maximum absolute atomic E-state index is 13.2. The average molecular weight is 493 g/mol. The Hall–Kier alpha value is -3.67. The number of likely N-dealkylation sites (tertiary alicyclic amines) is 1. The van der Waals surface area contributed by atoms with E-state index in [1.807, 2.05) is 24.8 Å². The van der Waals surface area contributed by atoms with Gasteiger partial charge in [-0.1, -0.05) is 30.3 Å². The molecule has 1 saturated heterocycles. The van der Waals surface area contributed by atoms with E-state index in [0.29, 0.717) is 5.69 Å². The van der Waals surface area contributed by atoms with Crippen LogP contribution in [-0.4, -0.2) is 72.5 Å². The number of carbonyl (C=O) groups is 2. The van der Waals surface area contributed by atoms with Gasteiger partial charge in [-0.2, -0.15) is 13.2 Å². The summed E-state index contributed by atoms with van der Waals surface area (Å²) in [5, 5.41) is 7.12. The second-order valence-corrected chi connectivity index (χ2v) is 8.42. The third kappa shape index (κ3) is 6.47. The number of amides is 1. The van der Waals surface area contributed by atoms with Crippen LogP contribution in [0.3, 0.4) is 0 Å². The summed E-state index contributed by atoms with van der Waals surface area (Å²) in [7, 11) is 0. The maximum Gasteiger partial charge on any atom is 0.490 e. The van der Waals surface area contributed by atoms with E-state index in [-0.39, 0.29) is 29.2 Å². The van der Waals surface area contributed by atoms with E-state index in [4.69, 9.17) is 9.90 Å². The molecule has 2 N–H and O–H groups in total. The number of halogens is 3. The van der Waals surface area contributed by atoms with Crippen LogP contribution in [0.4, 0.5) is 13.2 Å². The van der Waals surface area contributed by atoms with Crippen LogP contribution >= 0.6 is 0 Å². The Labute approximate surface area is 198 Å². The largest absolute Gasteiger partial charge is 0.490 e. The number of hydrogen-bond acceptors (Lipinski definition) is 5. The van der Waals surface area contributed by atoms with Crippen LogP contribution in [0.25, 0.3) is 5.65 Å². The third-order valence-electron chi connectivity index (χ3n) is 5.53. The van der Waals surface area contributed by atoms with Crippen molar-refractivity contribution in [3.8, 4) is 0 Å². The fourth-order valence-corrected chi connectivity index (χ4v) is 4.01. The number of aliphatic carboxylic acids is 1. The predicted molar refractivity (Wildman–Crippen MR) is 121 cm³/mol. The molecule has 3 heterocycles. The number of imidazole rings is 1. The molecule has 0 radical (unpaired) electrons. The first-order valence-corrected chi connectivity index (χ1v) is 10.9. The number of H-pyrrole nitrogens is 1. The van der Waals surface area contributed by atoms with Gasteiger partial charge in [0.25, 0.3) is 11.5 Å². The van der Waals surface area contributed by atoms with Crippen molar-refractivity contribution in [2.45, 2.75) is 45.1 Å². The van der Waals surface area contributed by atoms with Gasteiger partial charge in [-0.25, -0.2) is 9.78 Å². The zero-order valence-electron chi connectivity index (χ0n) is 19.2. The summed E-state index contributed by atoms with van der Waals surface area (Å²) in [5.74, 6) is -2.88. The Morgan fingerprint density at radius 2 is 1.91 bits per heavy atom. The molecule has 3 aromatic rings. The molecule has 0 saturated carbocycles. The molecule has 1 aromatic carbocycles. The fraction of sp³-hybridized carbons (Fsp3) is 0.391. The predicted octanol–water partition coefficient (Wildman–Crippen LogP) is 2.78. The van der Waals surface area contributed by atoms with Crippen LogP contribution in [-0.2, 0) is 11.3 Å². The number of fused-ring (bicyclic) bond motifs is 1. The van der Waals surface area contributed by atoms with Gasteiger partial charge >= 0.3 is 12.1 Å². The maximum atomic E-state index is 13.2. The lowest BCUT2D eigenvalue weighted by Crippen LogP contribution is -2.46. The minimum atomic E-state index is -5.08. The Morgan fingerprint density at radius 3 is 2.49 bits per heavy atom. The quantitative estimate of drug-likeness (QED) is 0.566. The number of alkyl halides is 3. The molecule has 35 heavy (non-hydrogen) atoms. The van der Waals surface area contributed by atoms with Crippen molar-refractivity contribution in [3.05, 3.63) is 70.5 Å². The highest BCUT2D eigenvalue weighted by atomic mass is 19.4. The van der Waals surface area contributed by atoms with Crippen molar-refractivity contribution < 1.29 is 27.9 Å². The van der Waals surface area contributed by atoms with Crippen molar-refractivity contribution in [1.82, 2.24) is 24.2 Å². The van der Waals surface area contributed by atoms with Crippen molar-refractivity contribution in [2.24, 2.45) is 0 Å². The zero-order valence-corrected chi connectivity index (χ0v) is 19.2. The molecule has 0 aliphatic carbocycles. The van der Waals surface area contributed by atoms with Gasteiger partial charge < -0.3 is 19.4 Å². The fourth-order valence-electron chi connectivity index (χ4n) is 4.01. The highest BCUT2D eigenvalue weighted by Crippen LogP contribution is 2.22. The van der Waals surface area contributed by atoms with Crippen molar-refractivity contribution >= 4 is 17.5 Å². The number of aromatic nitrogens is 3. The van der Waals surface area contributed by atoms with Crippen LogP contribution in [0.1, 0.15) is 36.3 Å². The number of carboxylic acid groups (broad SMARTS) is 1. The molecule has 188 valence electrons. The van der Waals surface area contributed by atoms with Gasteiger partial charge in [-0.3, -0.25) is 14.5 Å². The summed E-state index contributed by atoms with van der Waals surface area (Å²) in [5.41, 5.74) is 1.54. The summed E-state index contributed by atoms with van der Waals surface area (Å²) in [6.45, 7) is 6.75. The lowest BCUT2D eigenvalue weighted by Gasteiger charge is -2.32. The van der Waals surface area contributed by atoms with Crippen LogP contribution in [0.15, 0.2) is 53.7 Å². The number of hydrogen-bond donors (Lipinski definition) is 2. The van der Waals surface area contributed by atoms with Gasteiger partial charge in [0.2, 0.25) is 5.65 Å². The number of nitrogens with one attached hydrogen (secondary N) is 1. The molecule has 1 fully saturated rings. The summed E-state index contributed by atoms with van der Waals surface area (Å²) in [6.07, 6.45) is 0.727. The molecule has 9 nitrogen and oxygen atoms in total. The molecular weight excluding hydrogens is 467 g/mol. The van der Waals surface area contributed by atoms with Gasteiger partial charge in [0.15, 0.2) is 0 Å². The van der Waals surface area contributed by atoms with Crippen molar-refractivity contribution in [1.29, 1.82) is 0 Å². The number of carboxylic acids is 1. The van der Waals surface area contributed by atoms with E-state index in [2.05, 4.69) is 39.1 Å². The second-order valence-electron chi connectivity index (χ2n) is 8.42. The second kappa shape index (κ2) is 10.7. The van der Waals surface area contributed by atoms with Crippen LogP contribution in [0, 0.1) is 0 Å². The number of rotatable bonds is 5. The van der Waals surface area contributed by atoms with E-state index in [1.165, 1.54) is 5.56 Å². The molecule has 1 atom stereocenters. The average Bonchev–Trinajstić information content (AvgIpc) is 3.42. The number of benzene rings is 1. The monoisotopic (exact) mass is 493 g/mol. The summed E-state index contributed by atoms with van der Waals surface area (Å²) < 4.78 is 33.3. The Morgan fingerprint density at radius 1 is 1.26 bits per heavy atom.